The summed E-state index contributed by atoms with van der Waals surface area (Å²) in [6.45, 7) is 7.03. The van der Waals surface area contributed by atoms with E-state index in [-0.39, 0.29) is 10.8 Å². The van der Waals surface area contributed by atoms with E-state index in [4.69, 9.17) is 0 Å². The lowest BCUT2D eigenvalue weighted by Gasteiger charge is -2.57. The number of hydrogen-bond acceptors (Lipinski definition) is 3. The van der Waals surface area contributed by atoms with Crippen molar-refractivity contribution in [1.29, 1.82) is 0 Å². The lowest BCUT2D eigenvalue weighted by Crippen LogP contribution is -2.53. The number of nitrogens with zero attached hydrogens (tertiary/aromatic N) is 2. The minimum absolute atomic E-state index is 0.195. The Morgan fingerprint density at radius 2 is 1.10 bits per heavy atom. The van der Waals surface area contributed by atoms with E-state index in [0.29, 0.717) is 27.5 Å². The molecule has 60 heavy (non-hydrogen) atoms. The minimum Gasteiger partial charge on any atom is -0.310 e. The molecule has 2 saturated carbocycles. The number of para-hydroxylation sites is 2. The third kappa shape index (κ3) is 4.81. The van der Waals surface area contributed by atoms with E-state index in [2.05, 4.69) is 170 Å². The molecule has 1 unspecified atom stereocenters. The van der Waals surface area contributed by atoms with Crippen LogP contribution in [0.5, 0.6) is 0 Å². The molecule has 5 heteroatoms. The summed E-state index contributed by atoms with van der Waals surface area (Å²) in [5.41, 5.74) is 12.9. The molecule has 3 aliphatic carbocycles. The van der Waals surface area contributed by atoms with E-state index >= 15 is 8.42 Å². The monoisotopic (exact) mass is 800 g/mol. The van der Waals surface area contributed by atoms with Crippen molar-refractivity contribution in [3.63, 3.8) is 0 Å². The van der Waals surface area contributed by atoms with Crippen LogP contribution in [0.3, 0.4) is 0 Å². The van der Waals surface area contributed by atoms with Crippen molar-refractivity contribution in [1.82, 2.24) is 4.57 Å². The summed E-state index contributed by atoms with van der Waals surface area (Å²) in [7, 11) is -3.81. The quantitative estimate of drug-likeness (QED) is 0.178. The molecule has 1 aliphatic heterocycles. The predicted molar refractivity (Wildman–Crippen MR) is 245 cm³/mol. The average Bonchev–Trinajstić information content (AvgIpc) is 3.72. The van der Waals surface area contributed by atoms with Crippen LogP contribution in [0.4, 0.5) is 17.1 Å². The standard InChI is InChI=1S/C55H48N2O2S/c1-35-31-36-13-12-14-37(32-35)55(36)47-19-8-11-22-52(47)60(58,59)53-34-41(28-30-48(53)55)56(40-27-29-43-42-15-4-7-18-46(42)54(2,3)49(43)33-40)38-23-25-39(26-24-38)57-50-20-9-5-16-44(50)45-17-6-10-21-51(45)57/h4-11,15-30,33-37H,12-14,31-32H2,1-3H3/t35-,36-,37+,55?. The van der Waals surface area contributed by atoms with Crippen molar-refractivity contribution < 1.29 is 8.42 Å². The third-order valence-corrected chi connectivity index (χ3v) is 17.0. The Labute approximate surface area is 353 Å². The lowest BCUT2D eigenvalue weighted by molar-refractivity contribution is 0.0488. The van der Waals surface area contributed by atoms with Gasteiger partial charge in [-0.2, -0.15) is 0 Å². The topological polar surface area (TPSA) is 42.3 Å². The van der Waals surface area contributed by atoms with Crippen LogP contribution < -0.4 is 4.90 Å². The van der Waals surface area contributed by atoms with Gasteiger partial charge in [-0.1, -0.05) is 118 Å². The normalized spacial score (nSPS) is 22.9. The Morgan fingerprint density at radius 3 is 1.82 bits per heavy atom. The van der Waals surface area contributed by atoms with E-state index in [0.717, 1.165) is 59.6 Å². The van der Waals surface area contributed by atoms with Crippen LogP contribution in [0.15, 0.2) is 168 Å². The second kappa shape index (κ2) is 12.8. The number of hydrogen-bond donors (Lipinski definition) is 0. The lowest BCUT2D eigenvalue weighted by atomic mass is 9.48. The minimum atomic E-state index is -3.81. The van der Waals surface area contributed by atoms with E-state index in [9.17, 15) is 0 Å². The number of fused-ring (bicyclic) bond motifs is 8. The molecule has 4 atom stereocenters. The van der Waals surface area contributed by atoms with Crippen molar-refractivity contribution in [3.8, 4) is 16.8 Å². The van der Waals surface area contributed by atoms with Gasteiger partial charge in [0, 0.05) is 44.4 Å². The highest BCUT2D eigenvalue weighted by Crippen LogP contribution is 2.64. The van der Waals surface area contributed by atoms with Gasteiger partial charge in [0.15, 0.2) is 0 Å². The molecular formula is C55H48N2O2S. The summed E-state index contributed by atoms with van der Waals surface area (Å²) in [6.07, 6.45) is 5.74. The van der Waals surface area contributed by atoms with Gasteiger partial charge in [0.25, 0.3) is 0 Å². The van der Waals surface area contributed by atoms with Crippen LogP contribution in [0.1, 0.15) is 75.1 Å². The van der Waals surface area contributed by atoms with Crippen LogP contribution in [-0.4, -0.2) is 13.0 Å². The summed E-state index contributed by atoms with van der Waals surface area (Å²) in [5.74, 6) is 1.45. The molecular weight excluding hydrogens is 753 g/mol. The van der Waals surface area contributed by atoms with E-state index in [1.54, 1.807) is 0 Å². The molecule has 296 valence electrons. The smallest absolute Gasteiger partial charge is 0.207 e. The highest BCUT2D eigenvalue weighted by Gasteiger charge is 2.58. The maximum Gasteiger partial charge on any atom is 0.207 e. The van der Waals surface area contributed by atoms with Gasteiger partial charge in [0.1, 0.15) is 0 Å². The number of aromatic nitrogens is 1. The van der Waals surface area contributed by atoms with E-state index < -0.39 is 9.84 Å². The van der Waals surface area contributed by atoms with E-state index in [1.807, 2.05) is 18.2 Å². The summed E-state index contributed by atoms with van der Waals surface area (Å²) in [5, 5.41) is 2.46. The third-order valence-electron chi connectivity index (χ3n) is 15.1. The number of benzene rings is 7. The second-order valence-corrected chi connectivity index (χ2v) is 20.5. The first kappa shape index (κ1) is 36.0. The number of anilines is 3. The van der Waals surface area contributed by atoms with Gasteiger partial charge in [-0.25, -0.2) is 8.42 Å². The highest BCUT2D eigenvalue weighted by molar-refractivity contribution is 7.91. The molecule has 8 aromatic rings. The van der Waals surface area contributed by atoms with Crippen molar-refractivity contribution >= 4 is 48.7 Å². The average molecular weight is 801 g/mol. The molecule has 0 N–H and O–H groups in total. The molecule has 12 rings (SSSR count). The van der Waals surface area contributed by atoms with Crippen molar-refractivity contribution in [3.05, 3.63) is 180 Å². The van der Waals surface area contributed by atoms with Gasteiger partial charge in [-0.05, 0) is 144 Å². The number of rotatable bonds is 4. The van der Waals surface area contributed by atoms with Crippen LogP contribution in [0, 0.1) is 17.8 Å². The molecule has 1 spiro atoms. The molecule has 2 heterocycles. The molecule has 2 fully saturated rings. The zero-order chi connectivity index (χ0) is 40.5. The molecule has 1 aromatic heterocycles. The second-order valence-electron chi connectivity index (χ2n) is 18.6. The first-order valence-electron chi connectivity index (χ1n) is 21.8. The van der Waals surface area contributed by atoms with E-state index in [1.165, 1.54) is 50.5 Å². The first-order chi connectivity index (χ1) is 29.2. The van der Waals surface area contributed by atoms with Crippen molar-refractivity contribution in [2.75, 3.05) is 4.90 Å². The maximum atomic E-state index is 15.1. The van der Waals surface area contributed by atoms with Gasteiger partial charge < -0.3 is 9.47 Å². The molecule has 0 amide bonds. The molecule has 2 bridgehead atoms. The fourth-order valence-corrected chi connectivity index (χ4v) is 14.5. The largest absolute Gasteiger partial charge is 0.310 e. The zero-order valence-corrected chi connectivity index (χ0v) is 35.2. The molecule has 0 radical (unpaired) electrons. The predicted octanol–water partition coefficient (Wildman–Crippen LogP) is 13.8. The van der Waals surface area contributed by atoms with Crippen LogP contribution in [0.2, 0.25) is 0 Å². The number of sulfone groups is 1. The summed E-state index contributed by atoms with van der Waals surface area (Å²) in [4.78, 5) is 3.26. The first-order valence-corrected chi connectivity index (χ1v) is 23.3. The van der Waals surface area contributed by atoms with Gasteiger partial charge in [0.2, 0.25) is 9.84 Å². The Balaban J connectivity index is 1.07. The molecule has 4 aliphatic rings. The van der Waals surface area contributed by atoms with Gasteiger partial charge in [-0.15, -0.1) is 0 Å². The van der Waals surface area contributed by atoms with Gasteiger partial charge >= 0.3 is 0 Å². The van der Waals surface area contributed by atoms with Crippen molar-refractivity contribution in [2.24, 2.45) is 17.8 Å². The summed E-state index contributed by atoms with van der Waals surface area (Å²) < 4.78 is 32.5. The molecule has 4 nitrogen and oxygen atoms in total. The Bertz CT molecular complexity index is 3110. The summed E-state index contributed by atoms with van der Waals surface area (Å²) >= 11 is 0. The summed E-state index contributed by atoms with van der Waals surface area (Å²) in [6, 6.07) is 56.0. The van der Waals surface area contributed by atoms with Gasteiger partial charge in [-0.3, -0.25) is 0 Å². The van der Waals surface area contributed by atoms with Crippen molar-refractivity contribution in [2.45, 2.75) is 73.5 Å². The fraction of sp³-hybridized carbons (Fsp3) is 0.236. The Morgan fingerprint density at radius 1 is 0.550 bits per heavy atom. The molecule has 0 saturated heterocycles. The maximum absolute atomic E-state index is 15.1. The fourth-order valence-electron chi connectivity index (χ4n) is 12.7. The Hall–Kier alpha value is -5.91. The SMILES string of the molecule is C[C@@H]1C[C@H]2CCC[C@@H](C1)C21c2ccccc2S(=O)(=O)c2cc(N(c3ccc(-n4c5ccccc5c5ccccc54)cc3)c3ccc4c(c3)C(C)(C)c3ccccc3-4)ccc21. The molecule has 7 aromatic carbocycles. The highest BCUT2D eigenvalue weighted by atomic mass is 32.2. The van der Waals surface area contributed by atoms with Gasteiger partial charge in [0.05, 0.1) is 20.8 Å². The Kier molecular flexibility index (Phi) is 7.68. The van der Waals surface area contributed by atoms with Crippen LogP contribution in [-0.2, 0) is 20.7 Å². The van der Waals surface area contributed by atoms with Crippen LogP contribution >= 0.6 is 0 Å². The van der Waals surface area contributed by atoms with Crippen LogP contribution in [0.25, 0.3) is 38.6 Å². The zero-order valence-electron chi connectivity index (χ0n) is 34.4.